The number of anilines is 1. The number of hydrogen-bond donors (Lipinski definition) is 1. The molecule has 4 saturated heterocycles. The lowest BCUT2D eigenvalue weighted by molar-refractivity contribution is -0.137. The molecule has 2 aromatic heterocycles. The van der Waals surface area contributed by atoms with Crippen LogP contribution in [-0.2, 0) is 13.2 Å². The first kappa shape index (κ1) is 29.8. The standard InChI is InChI=1S/C33H36F5N7O/c1-17-11-32(7-4-8-45(32)13-17)16-46-31-41-28-22(30(42-31)44-14-20-5-6-21(15-44)40-20)10-23(34)24(27(28)35)25-26(33(36,37)38)18(2)9-19-12-39-43(3)29(19)25/h9-10,12,17,20-21,40H,4-8,11,13-16H2,1-3H3/t17-,20?,21?,32+/m1/s1. The van der Waals surface area contributed by atoms with Gasteiger partial charge in [0, 0.05) is 55.1 Å². The Labute approximate surface area is 262 Å². The minimum absolute atomic E-state index is 0.0183. The van der Waals surface area contributed by atoms with Crippen molar-refractivity contribution in [3.63, 3.8) is 0 Å². The summed E-state index contributed by atoms with van der Waals surface area (Å²) in [4.78, 5) is 13.7. The summed E-state index contributed by atoms with van der Waals surface area (Å²) < 4.78 is 84.7. The van der Waals surface area contributed by atoms with Gasteiger partial charge in [-0.15, -0.1) is 0 Å². The maximum absolute atomic E-state index is 17.0. The number of hydrogen-bond acceptors (Lipinski definition) is 7. The van der Waals surface area contributed by atoms with Gasteiger partial charge in [-0.3, -0.25) is 9.58 Å². The maximum Gasteiger partial charge on any atom is 0.417 e. The molecule has 2 bridgehead atoms. The van der Waals surface area contributed by atoms with Crippen LogP contribution in [0.15, 0.2) is 18.3 Å². The van der Waals surface area contributed by atoms with Crippen LogP contribution in [0, 0.1) is 24.5 Å². The van der Waals surface area contributed by atoms with Crippen LogP contribution in [0.1, 0.15) is 50.2 Å². The number of fused-ring (bicyclic) bond motifs is 5. The molecule has 8 rings (SSSR count). The SMILES string of the molecule is Cc1cc2cnn(C)c2c(-c2c(F)cc3c(N4CC5CCC(C4)N5)nc(OC[C@@]45CCCN4C[C@H](C)C5)nc3c2F)c1C(F)(F)F. The zero-order valence-electron chi connectivity index (χ0n) is 26.0. The summed E-state index contributed by atoms with van der Waals surface area (Å²) in [6.45, 7) is 6.94. The van der Waals surface area contributed by atoms with Gasteiger partial charge in [-0.2, -0.15) is 28.2 Å². The molecule has 0 aliphatic carbocycles. The number of alkyl halides is 3. The Bertz CT molecular complexity index is 1860. The molecule has 1 N–H and O–H groups in total. The van der Waals surface area contributed by atoms with Crippen molar-refractivity contribution in [2.24, 2.45) is 13.0 Å². The third-order valence-electron chi connectivity index (χ3n) is 10.6. The minimum Gasteiger partial charge on any atom is -0.461 e. The van der Waals surface area contributed by atoms with E-state index in [-0.39, 0.29) is 45.6 Å². The molecule has 4 aliphatic rings. The van der Waals surface area contributed by atoms with E-state index in [2.05, 4.69) is 27.2 Å². The topological polar surface area (TPSA) is 71.3 Å². The fraction of sp³-hybridized carbons (Fsp3) is 0.545. The van der Waals surface area contributed by atoms with Crippen molar-refractivity contribution < 1.29 is 26.7 Å². The number of aryl methyl sites for hydroxylation is 2. The zero-order chi connectivity index (χ0) is 32.1. The summed E-state index contributed by atoms with van der Waals surface area (Å²) in [5, 5.41) is 8.12. The monoisotopic (exact) mass is 641 g/mol. The van der Waals surface area contributed by atoms with Crippen LogP contribution in [0.4, 0.5) is 27.8 Å². The molecule has 13 heteroatoms. The summed E-state index contributed by atoms with van der Waals surface area (Å²) in [6.07, 6.45) is 1.45. The Morgan fingerprint density at radius 2 is 1.83 bits per heavy atom. The highest BCUT2D eigenvalue weighted by molar-refractivity contribution is 6.01. The second-order valence-corrected chi connectivity index (χ2v) is 13.8. The largest absolute Gasteiger partial charge is 0.461 e. The van der Waals surface area contributed by atoms with Crippen LogP contribution in [0.25, 0.3) is 32.9 Å². The molecule has 0 saturated carbocycles. The Balaban J connectivity index is 1.33. The van der Waals surface area contributed by atoms with Crippen molar-refractivity contribution in [2.75, 3.05) is 37.7 Å². The molecule has 0 radical (unpaired) electrons. The summed E-state index contributed by atoms with van der Waals surface area (Å²) in [5.41, 5.74) is -3.10. The normalized spacial score (nSPS) is 26.5. The van der Waals surface area contributed by atoms with E-state index in [9.17, 15) is 13.2 Å². The van der Waals surface area contributed by atoms with Gasteiger partial charge in [-0.25, -0.2) is 8.78 Å². The van der Waals surface area contributed by atoms with E-state index in [1.54, 1.807) is 0 Å². The molecular weight excluding hydrogens is 605 g/mol. The number of nitrogens with zero attached hydrogens (tertiary/aromatic N) is 6. The third kappa shape index (κ3) is 4.63. The van der Waals surface area contributed by atoms with Crippen molar-refractivity contribution in [3.8, 4) is 17.1 Å². The van der Waals surface area contributed by atoms with E-state index in [4.69, 9.17) is 9.72 Å². The van der Waals surface area contributed by atoms with Gasteiger partial charge < -0.3 is 15.0 Å². The van der Waals surface area contributed by atoms with E-state index in [0.29, 0.717) is 36.8 Å². The molecule has 4 atom stereocenters. The molecule has 8 nitrogen and oxygen atoms in total. The smallest absolute Gasteiger partial charge is 0.417 e. The fourth-order valence-electron chi connectivity index (χ4n) is 8.78. The van der Waals surface area contributed by atoms with Crippen LogP contribution in [0.2, 0.25) is 0 Å². The van der Waals surface area contributed by atoms with Crippen LogP contribution >= 0.6 is 0 Å². The Morgan fingerprint density at radius 3 is 2.57 bits per heavy atom. The maximum atomic E-state index is 17.0. The van der Waals surface area contributed by atoms with Gasteiger partial charge >= 0.3 is 12.2 Å². The number of nitrogens with one attached hydrogen (secondary N) is 1. The number of aromatic nitrogens is 4. The first-order chi connectivity index (χ1) is 21.9. The molecule has 2 aromatic carbocycles. The lowest BCUT2D eigenvalue weighted by Crippen LogP contribution is -2.51. The molecule has 4 aliphatic heterocycles. The molecule has 46 heavy (non-hydrogen) atoms. The summed E-state index contributed by atoms with van der Waals surface area (Å²) in [7, 11) is 1.46. The number of halogens is 5. The van der Waals surface area contributed by atoms with Gasteiger partial charge in [-0.1, -0.05) is 6.92 Å². The molecule has 244 valence electrons. The molecule has 6 heterocycles. The Morgan fingerprint density at radius 1 is 1.07 bits per heavy atom. The van der Waals surface area contributed by atoms with Crippen LogP contribution < -0.4 is 15.0 Å². The van der Waals surface area contributed by atoms with Gasteiger partial charge in [0.05, 0.1) is 28.4 Å². The lowest BCUT2D eigenvalue weighted by Gasteiger charge is -2.35. The number of piperazine rings is 1. The van der Waals surface area contributed by atoms with Crippen molar-refractivity contribution in [3.05, 3.63) is 41.1 Å². The van der Waals surface area contributed by atoms with E-state index in [0.717, 1.165) is 51.3 Å². The van der Waals surface area contributed by atoms with Gasteiger partial charge in [-0.05, 0) is 69.2 Å². The lowest BCUT2D eigenvalue weighted by atomic mass is 9.91. The second-order valence-electron chi connectivity index (χ2n) is 13.8. The average Bonchev–Trinajstić information content (AvgIpc) is 3.73. The fourth-order valence-corrected chi connectivity index (χ4v) is 8.78. The first-order valence-corrected chi connectivity index (χ1v) is 16.0. The third-order valence-corrected chi connectivity index (χ3v) is 10.6. The van der Waals surface area contributed by atoms with E-state index >= 15 is 8.78 Å². The predicted molar refractivity (Wildman–Crippen MR) is 164 cm³/mol. The molecule has 4 fully saturated rings. The number of rotatable bonds is 5. The zero-order valence-corrected chi connectivity index (χ0v) is 26.0. The van der Waals surface area contributed by atoms with E-state index < -0.39 is 34.5 Å². The van der Waals surface area contributed by atoms with Crippen molar-refractivity contribution >= 4 is 27.6 Å². The predicted octanol–water partition coefficient (Wildman–Crippen LogP) is 5.98. The van der Waals surface area contributed by atoms with Crippen molar-refractivity contribution in [1.29, 1.82) is 0 Å². The van der Waals surface area contributed by atoms with Gasteiger partial charge in [0.15, 0.2) is 5.82 Å². The molecule has 0 amide bonds. The van der Waals surface area contributed by atoms with Crippen LogP contribution in [0.5, 0.6) is 6.01 Å². The van der Waals surface area contributed by atoms with Gasteiger partial charge in [0.2, 0.25) is 0 Å². The second kappa shape index (κ2) is 10.5. The molecule has 0 spiro atoms. The number of benzene rings is 2. The van der Waals surface area contributed by atoms with Crippen LogP contribution in [0.3, 0.4) is 0 Å². The molecule has 4 aromatic rings. The van der Waals surface area contributed by atoms with Crippen LogP contribution in [-0.4, -0.2) is 75.1 Å². The van der Waals surface area contributed by atoms with Crippen molar-refractivity contribution in [2.45, 2.75) is 69.8 Å². The number of ether oxygens (including phenoxy) is 1. The van der Waals surface area contributed by atoms with Gasteiger partial charge in [0.1, 0.15) is 23.8 Å². The average molecular weight is 642 g/mol. The summed E-state index contributed by atoms with van der Waals surface area (Å²) in [5.74, 6) is -1.47. The quantitative estimate of drug-likeness (QED) is 0.269. The highest BCUT2D eigenvalue weighted by Gasteiger charge is 2.48. The highest BCUT2D eigenvalue weighted by atomic mass is 19.4. The first-order valence-electron chi connectivity index (χ1n) is 16.0. The summed E-state index contributed by atoms with van der Waals surface area (Å²) >= 11 is 0. The van der Waals surface area contributed by atoms with Crippen molar-refractivity contribution in [1.82, 2.24) is 30.0 Å². The minimum atomic E-state index is -4.89. The van der Waals surface area contributed by atoms with E-state index in [1.165, 1.54) is 30.9 Å². The molecular formula is C33H36F5N7O. The van der Waals surface area contributed by atoms with Gasteiger partial charge in [0.25, 0.3) is 0 Å². The molecule has 2 unspecified atom stereocenters. The Hall–Kier alpha value is -3.58. The Kier molecular flexibility index (Phi) is 6.78. The van der Waals surface area contributed by atoms with E-state index in [1.807, 2.05) is 4.90 Å². The summed E-state index contributed by atoms with van der Waals surface area (Å²) in [6, 6.07) is 2.76. The highest BCUT2D eigenvalue weighted by Crippen LogP contribution is 2.47.